The van der Waals surface area contributed by atoms with Crippen molar-refractivity contribution in [3.63, 3.8) is 0 Å². The highest BCUT2D eigenvalue weighted by atomic mass is 32.1. The number of rotatable bonds is 2. The number of para-hydroxylation sites is 1. The molecule has 0 radical (unpaired) electrons. The Morgan fingerprint density at radius 3 is 2.88 bits per heavy atom. The highest BCUT2D eigenvalue weighted by Crippen LogP contribution is 2.24. The number of aromatic amines is 1. The number of H-pyrrole nitrogens is 1. The molecule has 0 aliphatic heterocycles. The molecule has 0 aliphatic carbocycles. The molecule has 3 aromatic rings. The second kappa shape index (κ2) is 3.94. The number of nitrogens with one attached hydrogen (secondary N) is 1. The molecule has 3 rings (SSSR count). The lowest BCUT2D eigenvalue weighted by molar-refractivity contribution is 0.636. The van der Waals surface area contributed by atoms with Gasteiger partial charge in [0, 0.05) is 4.88 Å². The quantitative estimate of drug-likeness (QED) is 0.731. The van der Waals surface area contributed by atoms with Crippen LogP contribution < -0.4 is 5.73 Å². The molecule has 17 heavy (non-hydrogen) atoms. The van der Waals surface area contributed by atoms with E-state index in [1.54, 1.807) is 23.5 Å². The first kappa shape index (κ1) is 10.4. The van der Waals surface area contributed by atoms with Crippen LogP contribution >= 0.6 is 11.3 Å². The highest BCUT2D eigenvalue weighted by molar-refractivity contribution is 7.10. The smallest absolute Gasteiger partial charge is 0.151 e. The molecule has 0 fully saturated rings. The molecule has 1 aromatic carbocycles. The number of fused-ring (bicyclic) bond motifs is 1. The lowest BCUT2D eigenvalue weighted by Gasteiger charge is -2.04. The first-order chi connectivity index (χ1) is 8.25. The maximum Gasteiger partial charge on any atom is 0.151 e. The van der Waals surface area contributed by atoms with Crippen LogP contribution in [0.1, 0.15) is 16.7 Å². The molecule has 0 amide bonds. The standard InChI is InChI=1S/C12H10FN3S/c13-7-3-1-4-8-11(7)16-12(15-8)10(14)9-5-2-6-17-9/h1-6,10H,14H2,(H,15,16). The van der Waals surface area contributed by atoms with E-state index in [0.29, 0.717) is 16.9 Å². The van der Waals surface area contributed by atoms with Crippen LogP contribution in [-0.4, -0.2) is 9.97 Å². The van der Waals surface area contributed by atoms with E-state index < -0.39 is 0 Å². The minimum Gasteiger partial charge on any atom is -0.340 e. The number of hydrogen-bond acceptors (Lipinski definition) is 3. The van der Waals surface area contributed by atoms with Crippen molar-refractivity contribution < 1.29 is 4.39 Å². The van der Waals surface area contributed by atoms with Crippen LogP contribution in [0.15, 0.2) is 35.7 Å². The average Bonchev–Trinajstić information content (AvgIpc) is 2.98. The Labute approximate surface area is 101 Å². The summed E-state index contributed by atoms with van der Waals surface area (Å²) in [7, 11) is 0. The molecule has 2 heterocycles. The van der Waals surface area contributed by atoms with Gasteiger partial charge in [0.15, 0.2) is 5.82 Å². The van der Waals surface area contributed by atoms with E-state index in [1.807, 2.05) is 17.5 Å². The fraction of sp³-hybridized carbons (Fsp3) is 0.0833. The summed E-state index contributed by atoms with van der Waals surface area (Å²) in [5, 5.41) is 1.96. The molecule has 3 N–H and O–H groups in total. The summed E-state index contributed by atoms with van der Waals surface area (Å²) in [6, 6.07) is 8.37. The predicted octanol–water partition coefficient (Wildman–Crippen LogP) is 2.81. The van der Waals surface area contributed by atoms with Gasteiger partial charge in [-0.15, -0.1) is 11.3 Å². The first-order valence-corrected chi connectivity index (χ1v) is 6.07. The Bertz CT molecular complexity index is 645. The van der Waals surface area contributed by atoms with Crippen LogP contribution in [0.5, 0.6) is 0 Å². The van der Waals surface area contributed by atoms with Crippen molar-refractivity contribution in [1.29, 1.82) is 0 Å². The minimum atomic E-state index is -0.332. The third kappa shape index (κ3) is 1.73. The van der Waals surface area contributed by atoms with E-state index in [9.17, 15) is 4.39 Å². The number of nitrogens with zero attached hydrogens (tertiary/aromatic N) is 1. The molecule has 2 aromatic heterocycles. The van der Waals surface area contributed by atoms with Gasteiger partial charge in [0.2, 0.25) is 0 Å². The van der Waals surface area contributed by atoms with E-state index in [0.717, 1.165) is 4.88 Å². The SMILES string of the molecule is NC(c1nc2c(F)cccc2[nH]1)c1cccs1. The Morgan fingerprint density at radius 1 is 1.29 bits per heavy atom. The van der Waals surface area contributed by atoms with Crippen molar-refractivity contribution in [3.8, 4) is 0 Å². The maximum atomic E-state index is 13.5. The van der Waals surface area contributed by atoms with Gasteiger partial charge in [-0.3, -0.25) is 0 Å². The molecule has 5 heteroatoms. The highest BCUT2D eigenvalue weighted by Gasteiger charge is 2.15. The fourth-order valence-corrected chi connectivity index (χ4v) is 2.50. The van der Waals surface area contributed by atoms with Crippen molar-refractivity contribution in [1.82, 2.24) is 9.97 Å². The zero-order valence-corrected chi connectivity index (χ0v) is 9.67. The van der Waals surface area contributed by atoms with Crippen LogP contribution in [-0.2, 0) is 0 Å². The van der Waals surface area contributed by atoms with Crippen molar-refractivity contribution in [2.24, 2.45) is 5.73 Å². The number of halogens is 1. The summed E-state index contributed by atoms with van der Waals surface area (Å²) in [6.07, 6.45) is 0. The average molecular weight is 247 g/mol. The van der Waals surface area contributed by atoms with Crippen molar-refractivity contribution in [2.45, 2.75) is 6.04 Å². The minimum absolute atomic E-state index is 0.330. The van der Waals surface area contributed by atoms with Gasteiger partial charge in [-0.1, -0.05) is 12.1 Å². The third-order valence-corrected chi connectivity index (χ3v) is 3.58. The van der Waals surface area contributed by atoms with Gasteiger partial charge in [0.25, 0.3) is 0 Å². The molecule has 0 bridgehead atoms. The number of benzene rings is 1. The Balaban J connectivity index is 2.10. The van der Waals surface area contributed by atoms with Crippen molar-refractivity contribution >= 4 is 22.4 Å². The van der Waals surface area contributed by atoms with Gasteiger partial charge in [-0.2, -0.15) is 0 Å². The molecule has 86 valence electrons. The molecule has 3 nitrogen and oxygen atoms in total. The first-order valence-electron chi connectivity index (χ1n) is 5.19. The Kier molecular flexibility index (Phi) is 2.42. The summed E-state index contributed by atoms with van der Waals surface area (Å²) >= 11 is 1.56. The number of nitrogens with two attached hydrogens (primary N) is 1. The molecule has 1 unspecified atom stereocenters. The van der Waals surface area contributed by atoms with Gasteiger partial charge < -0.3 is 10.7 Å². The van der Waals surface area contributed by atoms with E-state index in [1.165, 1.54) is 6.07 Å². The summed E-state index contributed by atoms with van der Waals surface area (Å²) in [5.41, 5.74) is 7.08. The van der Waals surface area contributed by atoms with E-state index >= 15 is 0 Å². The molecular formula is C12H10FN3S. The third-order valence-electron chi connectivity index (χ3n) is 2.63. The van der Waals surface area contributed by atoms with E-state index in [-0.39, 0.29) is 11.9 Å². The van der Waals surface area contributed by atoms with Gasteiger partial charge in [0.05, 0.1) is 11.6 Å². The topological polar surface area (TPSA) is 54.7 Å². The number of hydrogen-bond donors (Lipinski definition) is 2. The second-order valence-electron chi connectivity index (χ2n) is 3.75. The number of imidazole rings is 1. The second-order valence-corrected chi connectivity index (χ2v) is 4.73. The van der Waals surface area contributed by atoms with Crippen LogP contribution in [0.2, 0.25) is 0 Å². The molecule has 0 aliphatic rings. The van der Waals surface area contributed by atoms with Crippen molar-refractivity contribution in [2.75, 3.05) is 0 Å². The van der Waals surface area contributed by atoms with Crippen LogP contribution in [0.25, 0.3) is 11.0 Å². The molecule has 1 atom stereocenters. The van der Waals surface area contributed by atoms with Crippen LogP contribution in [0.4, 0.5) is 4.39 Å². The van der Waals surface area contributed by atoms with Gasteiger partial charge in [-0.05, 0) is 23.6 Å². The van der Waals surface area contributed by atoms with Crippen LogP contribution in [0.3, 0.4) is 0 Å². The van der Waals surface area contributed by atoms with E-state index in [4.69, 9.17) is 5.73 Å². The number of aromatic nitrogens is 2. The van der Waals surface area contributed by atoms with Gasteiger partial charge in [-0.25, -0.2) is 9.37 Å². The maximum absolute atomic E-state index is 13.5. The van der Waals surface area contributed by atoms with Crippen LogP contribution in [0, 0.1) is 5.82 Å². The van der Waals surface area contributed by atoms with Gasteiger partial charge >= 0.3 is 0 Å². The number of thiophene rings is 1. The Morgan fingerprint density at radius 2 is 2.18 bits per heavy atom. The summed E-state index contributed by atoms with van der Waals surface area (Å²) < 4.78 is 13.5. The fourth-order valence-electron chi connectivity index (χ4n) is 1.77. The summed E-state index contributed by atoms with van der Waals surface area (Å²) in [4.78, 5) is 8.28. The zero-order chi connectivity index (χ0) is 11.8. The molecular weight excluding hydrogens is 237 g/mol. The largest absolute Gasteiger partial charge is 0.340 e. The Hall–Kier alpha value is -1.72. The van der Waals surface area contributed by atoms with E-state index in [2.05, 4.69) is 9.97 Å². The summed E-state index contributed by atoms with van der Waals surface area (Å²) in [6.45, 7) is 0. The van der Waals surface area contributed by atoms with Gasteiger partial charge in [0.1, 0.15) is 11.3 Å². The molecule has 0 spiro atoms. The summed E-state index contributed by atoms with van der Waals surface area (Å²) in [5.74, 6) is 0.260. The lowest BCUT2D eigenvalue weighted by Crippen LogP contribution is -2.11. The normalized spacial score (nSPS) is 13.1. The molecule has 0 saturated heterocycles. The monoisotopic (exact) mass is 247 g/mol. The predicted molar refractivity (Wildman–Crippen MR) is 66.4 cm³/mol. The zero-order valence-electron chi connectivity index (χ0n) is 8.85. The van der Waals surface area contributed by atoms with Crippen molar-refractivity contribution in [3.05, 3.63) is 52.2 Å². The molecule has 0 saturated carbocycles. The lowest BCUT2D eigenvalue weighted by atomic mass is 10.2.